The van der Waals surface area contributed by atoms with Crippen LogP contribution < -0.4 is 5.19 Å². The minimum Gasteiger partial charge on any atom is -0.289 e. The highest BCUT2D eigenvalue weighted by atomic mass is 28.3. The second-order valence-electron chi connectivity index (χ2n) is 6.96. The number of benzene rings is 2. The van der Waals surface area contributed by atoms with Gasteiger partial charge in [0.2, 0.25) is 0 Å². The normalized spacial score (nSPS) is 11.5. The second kappa shape index (κ2) is 7.06. The van der Waals surface area contributed by atoms with Crippen LogP contribution in [0.5, 0.6) is 0 Å². The summed E-state index contributed by atoms with van der Waals surface area (Å²) in [5.41, 5.74) is 2.87. The van der Waals surface area contributed by atoms with Crippen LogP contribution in [0.25, 0.3) is 0 Å². The van der Waals surface area contributed by atoms with Gasteiger partial charge in [-0.25, -0.2) is 0 Å². The van der Waals surface area contributed by atoms with E-state index in [1.54, 1.807) is 0 Å². The summed E-state index contributed by atoms with van der Waals surface area (Å²) >= 11 is 0. The van der Waals surface area contributed by atoms with Gasteiger partial charge in [-0.2, -0.15) is 0 Å². The molecule has 2 rings (SSSR count). The minimum absolute atomic E-state index is 0.115. The van der Waals surface area contributed by atoms with E-state index in [1.807, 2.05) is 24.3 Å². The highest BCUT2D eigenvalue weighted by Crippen LogP contribution is 2.13. The third-order valence-corrected chi connectivity index (χ3v) is 6.11. The molecule has 116 valence electrons. The van der Waals surface area contributed by atoms with Gasteiger partial charge in [-0.05, 0) is 18.4 Å². The van der Waals surface area contributed by atoms with Gasteiger partial charge in [0, 0.05) is 11.1 Å². The molecule has 0 unspecified atom stereocenters. The summed E-state index contributed by atoms with van der Waals surface area (Å²) in [6.07, 6.45) is 3.49. The molecule has 22 heavy (non-hydrogen) atoms. The summed E-state index contributed by atoms with van der Waals surface area (Å²) in [7, 11) is -1.30. The largest absolute Gasteiger partial charge is 0.289 e. The predicted octanol–water partition coefficient (Wildman–Crippen LogP) is 4.81. The summed E-state index contributed by atoms with van der Waals surface area (Å²) in [5.74, 6) is 0.115. The molecule has 0 aliphatic heterocycles. The van der Waals surface area contributed by atoms with Gasteiger partial charge in [0.1, 0.15) is 0 Å². The Morgan fingerprint density at radius 3 is 1.82 bits per heavy atom. The van der Waals surface area contributed by atoms with E-state index in [-0.39, 0.29) is 5.78 Å². The van der Waals surface area contributed by atoms with Crippen LogP contribution in [0.1, 0.15) is 41.3 Å². The first kappa shape index (κ1) is 16.7. The molecule has 0 fully saturated rings. The number of rotatable bonds is 6. The Hall–Kier alpha value is -1.67. The molecule has 0 amide bonds. The van der Waals surface area contributed by atoms with Gasteiger partial charge in [0.25, 0.3) is 0 Å². The molecule has 2 heteroatoms. The lowest BCUT2D eigenvalue weighted by Gasteiger charge is -2.16. The smallest absolute Gasteiger partial charge is 0.193 e. The zero-order chi connectivity index (χ0) is 16.2. The SMILES string of the molecule is CCCCc1ccc(C(=O)c2ccc([Si](C)(C)C)cc2)cc1. The van der Waals surface area contributed by atoms with Gasteiger partial charge < -0.3 is 0 Å². The minimum atomic E-state index is -1.30. The number of hydrogen-bond donors (Lipinski definition) is 0. The first-order chi connectivity index (χ1) is 10.4. The number of carbonyl (C=O) groups is 1. The topological polar surface area (TPSA) is 17.1 Å². The van der Waals surface area contributed by atoms with Crippen molar-refractivity contribution in [2.45, 2.75) is 45.8 Å². The molecule has 0 bridgehead atoms. The van der Waals surface area contributed by atoms with E-state index in [9.17, 15) is 4.79 Å². The van der Waals surface area contributed by atoms with E-state index in [0.29, 0.717) is 0 Å². The Morgan fingerprint density at radius 1 is 0.864 bits per heavy atom. The second-order valence-corrected chi connectivity index (χ2v) is 12.0. The zero-order valence-corrected chi connectivity index (χ0v) is 15.1. The maximum Gasteiger partial charge on any atom is 0.193 e. The molecule has 0 aromatic heterocycles. The fraction of sp³-hybridized carbons (Fsp3) is 0.350. The molecule has 2 aromatic carbocycles. The highest BCUT2D eigenvalue weighted by Gasteiger charge is 2.17. The lowest BCUT2D eigenvalue weighted by molar-refractivity contribution is 0.103. The molecule has 0 saturated carbocycles. The van der Waals surface area contributed by atoms with Crippen LogP contribution in [0.2, 0.25) is 19.6 Å². The summed E-state index contributed by atoms with van der Waals surface area (Å²) < 4.78 is 0. The molecular formula is C20H26OSi. The Kier molecular flexibility index (Phi) is 5.36. The molecule has 0 N–H and O–H groups in total. The summed E-state index contributed by atoms with van der Waals surface area (Å²) in [6.45, 7) is 9.15. The molecule has 2 aromatic rings. The third-order valence-electron chi connectivity index (χ3n) is 4.05. The number of ketones is 1. The van der Waals surface area contributed by atoms with E-state index in [2.05, 4.69) is 50.8 Å². The lowest BCUT2D eigenvalue weighted by atomic mass is 10.0. The fourth-order valence-electron chi connectivity index (χ4n) is 2.49. The lowest BCUT2D eigenvalue weighted by Crippen LogP contribution is -2.37. The fourth-order valence-corrected chi connectivity index (χ4v) is 3.66. The predicted molar refractivity (Wildman–Crippen MR) is 97.9 cm³/mol. The number of hydrogen-bond acceptors (Lipinski definition) is 1. The zero-order valence-electron chi connectivity index (χ0n) is 14.1. The van der Waals surface area contributed by atoms with Gasteiger partial charge in [-0.15, -0.1) is 0 Å². The maximum absolute atomic E-state index is 12.5. The van der Waals surface area contributed by atoms with Crippen LogP contribution in [-0.4, -0.2) is 13.9 Å². The van der Waals surface area contributed by atoms with Crippen molar-refractivity contribution in [3.63, 3.8) is 0 Å². The monoisotopic (exact) mass is 310 g/mol. The highest BCUT2D eigenvalue weighted by molar-refractivity contribution is 6.88. The maximum atomic E-state index is 12.5. The van der Waals surface area contributed by atoms with Crippen molar-refractivity contribution in [3.8, 4) is 0 Å². The Bertz CT molecular complexity index is 618. The first-order valence-corrected chi connectivity index (χ1v) is 11.7. The van der Waals surface area contributed by atoms with E-state index < -0.39 is 8.07 Å². The average Bonchev–Trinajstić information content (AvgIpc) is 2.52. The van der Waals surface area contributed by atoms with E-state index in [4.69, 9.17) is 0 Å². The molecule has 0 atom stereocenters. The molecule has 0 saturated heterocycles. The number of carbonyl (C=O) groups excluding carboxylic acids is 1. The van der Waals surface area contributed by atoms with Crippen molar-refractivity contribution < 1.29 is 4.79 Å². The van der Waals surface area contributed by atoms with Crippen LogP contribution in [0.15, 0.2) is 48.5 Å². The van der Waals surface area contributed by atoms with Crippen molar-refractivity contribution in [2.75, 3.05) is 0 Å². The van der Waals surface area contributed by atoms with Crippen LogP contribution in [-0.2, 0) is 6.42 Å². The van der Waals surface area contributed by atoms with Gasteiger partial charge in [-0.1, -0.05) is 86.7 Å². The van der Waals surface area contributed by atoms with E-state index in [1.165, 1.54) is 23.6 Å². The number of unbranched alkanes of at least 4 members (excludes halogenated alkanes) is 1. The van der Waals surface area contributed by atoms with Crippen LogP contribution in [0.3, 0.4) is 0 Å². The van der Waals surface area contributed by atoms with Crippen molar-refractivity contribution >= 4 is 19.0 Å². The van der Waals surface area contributed by atoms with Crippen molar-refractivity contribution in [3.05, 3.63) is 65.2 Å². The molecule has 0 spiro atoms. The quantitative estimate of drug-likeness (QED) is 0.553. The van der Waals surface area contributed by atoms with Gasteiger partial charge in [0.05, 0.1) is 8.07 Å². The third kappa shape index (κ3) is 4.17. The first-order valence-electron chi connectivity index (χ1n) is 8.16. The van der Waals surface area contributed by atoms with E-state index >= 15 is 0 Å². The Morgan fingerprint density at radius 2 is 1.36 bits per heavy atom. The van der Waals surface area contributed by atoms with Gasteiger partial charge in [-0.3, -0.25) is 4.79 Å². The number of aryl methyl sites for hydroxylation is 1. The van der Waals surface area contributed by atoms with Crippen LogP contribution in [0, 0.1) is 0 Å². The van der Waals surface area contributed by atoms with Crippen molar-refractivity contribution in [1.82, 2.24) is 0 Å². The standard InChI is InChI=1S/C20H26OSi/c1-5-6-7-16-8-10-17(11-9-16)20(21)18-12-14-19(15-13-18)22(2,3)4/h8-15H,5-7H2,1-4H3. The van der Waals surface area contributed by atoms with Crippen LogP contribution >= 0.6 is 0 Å². The molecule has 0 radical (unpaired) electrons. The molecule has 1 nitrogen and oxygen atoms in total. The van der Waals surface area contributed by atoms with Crippen molar-refractivity contribution in [1.29, 1.82) is 0 Å². The summed E-state index contributed by atoms with van der Waals surface area (Å²) in [6, 6.07) is 16.3. The van der Waals surface area contributed by atoms with E-state index in [0.717, 1.165) is 17.5 Å². The Labute approximate surface area is 135 Å². The Balaban J connectivity index is 2.14. The van der Waals surface area contributed by atoms with Gasteiger partial charge in [0.15, 0.2) is 5.78 Å². The summed E-state index contributed by atoms with van der Waals surface area (Å²) in [5, 5.41) is 1.39. The van der Waals surface area contributed by atoms with Crippen molar-refractivity contribution in [2.24, 2.45) is 0 Å². The molecule has 0 aliphatic rings. The molecular weight excluding hydrogens is 284 g/mol. The van der Waals surface area contributed by atoms with Gasteiger partial charge >= 0.3 is 0 Å². The molecule has 0 aliphatic carbocycles. The van der Waals surface area contributed by atoms with Crippen LogP contribution in [0.4, 0.5) is 0 Å². The molecule has 0 heterocycles. The summed E-state index contributed by atoms with van der Waals surface area (Å²) in [4.78, 5) is 12.5. The average molecular weight is 311 g/mol.